The molecule has 0 fully saturated rings. The number of fused-ring (bicyclic) bond motifs is 4. The molecule has 5 aromatic carbocycles. The minimum Gasteiger partial charge on any atom is -0.486 e. The van der Waals surface area contributed by atoms with Gasteiger partial charge in [-0.3, -0.25) is 0 Å². The molecule has 0 atom stereocenters. The Morgan fingerprint density at radius 3 is 2.12 bits per heavy atom. The molecule has 5 heterocycles. The molecule has 5 nitrogen and oxygen atoms in total. The van der Waals surface area contributed by atoms with Gasteiger partial charge in [0.25, 0.3) is 0 Å². The van der Waals surface area contributed by atoms with Gasteiger partial charge in [-0.2, -0.15) is 0 Å². The summed E-state index contributed by atoms with van der Waals surface area (Å²) in [5.74, 6) is 0. The molecule has 60 heavy (non-hydrogen) atoms. The summed E-state index contributed by atoms with van der Waals surface area (Å²) in [5.41, 5.74) is 20.0. The molecular weight excluding hydrogens is 913 g/mol. The van der Waals surface area contributed by atoms with Gasteiger partial charge in [0.05, 0.1) is 16.8 Å². The zero-order chi connectivity index (χ0) is 40.6. The Labute approximate surface area is 364 Å². The van der Waals surface area contributed by atoms with Gasteiger partial charge in [0.1, 0.15) is 0 Å². The Kier molecular flexibility index (Phi) is 11.4. The van der Waals surface area contributed by atoms with E-state index >= 15 is 0 Å². The van der Waals surface area contributed by atoms with Crippen LogP contribution in [0.15, 0.2) is 150 Å². The van der Waals surface area contributed by atoms with Crippen LogP contribution in [0.5, 0.6) is 0 Å². The fourth-order valence-corrected chi connectivity index (χ4v) is 7.93. The Morgan fingerprint density at radius 2 is 1.33 bits per heavy atom. The summed E-state index contributed by atoms with van der Waals surface area (Å²) >= 11 is 0. The standard InChI is InChI=1S/C35H26N3O.C19H16N.Ir/c1-20-7-5-8-21(2)33(20)31-16-14-26-23(4)25(13-15-30(26)38-31)24-17-18-36-32(19-24)29-10-6-9-27-28-12-11-22(3)37-35(28)39-34(27)29;1-14-8-11-19(20-13-14)17-10-9-15(2)18(12-17)16-6-4-3-5-7-16;/h5-9,11-19H,1-4H3;3-9,11-13H,1-2H3;/q2*-1;. The number of hydrogen-bond donors (Lipinski definition) is 0. The largest absolute Gasteiger partial charge is 0.486 e. The van der Waals surface area contributed by atoms with Crippen molar-refractivity contribution >= 4 is 33.0 Å². The first-order chi connectivity index (χ1) is 28.7. The van der Waals surface area contributed by atoms with Crippen LogP contribution in [0.2, 0.25) is 0 Å². The van der Waals surface area contributed by atoms with E-state index in [0.29, 0.717) is 5.71 Å². The maximum atomic E-state index is 6.22. The van der Waals surface area contributed by atoms with Gasteiger partial charge in [-0.15, -0.1) is 47.5 Å². The molecule has 10 aromatic rings. The van der Waals surface area contributed by atoms with Crippen LogP contribution in [0.1, 0.15) is 33.5 Å². The number of aryl methyl sites for hydroxylation is 6. The average molecular weight is 955 g/mol. The van der Waals surface area contributed by atoms with Crippen molar-refractivity contribution in [2.45, 2.75) is 41.5 Å². The van der Waals surface area contributed by atoms with Crippen LogP contribution in [0.4, 0.5) is 0 Å². The third-order valence-corrected chi connectivity index (χ3v) is 11.1. The van der Waals surface area contributed by atoms with E-state index in [2.05, 4.69) is 147 Å². The van der Waals surface area contributed by atoms with Gasteiger partial charge in [0.15, 0.2) is 0 Å². The van der Waals surface area contributed by atoms with Gasteiger partial charge in [-0.05, 0) is 115 Å². The Balaban J connectivity index is 0.000000200. The van der Waals surface area contributed by atoms with Crippen LogP contribution in [-0.4, -0.2) is 19.9 Å². The fraction of sp³-hybridized carbons (Fsp3) is 0.111. The summed E-state index contributed by atoms with van der Waals surface area (Å²) in [6.45, 7) is 12.6. The zero-order valence-corrected chi connectivity index (χ0v) is 36.8. The number of pyridine rings is 4. The van der Waals surface area contributed by atoms with Crippen LogP contribution in [0, 0.1) is 53.7 Å². The van der Waals surface area contributed by atoms with E-state index in [-0.39, 0.29) is 20.1 Å². The zero-order valence-electron chi connectivity index (χ0n) is 34.4. The molecular formula is C54H42IrN4O-2. The number of hydrogen-bond acceptors (Lipinski definition) is 5. The van der Waals surface area contributed by atoms with Gasteiger partial charge in [-0.1, -0.05) is 102 Å². The third-order valence-electron chi connectivity index (χ3n) is 11.1. The van der Waals surface area contributed by atoms with Crippen LogP contribution < -0.4 is 0 Å². The van der Waals surface area contributed by atoms with Crippen LogP contribution in [-0.2, 0) is 20.1 Å². The monoisotopic (exact) mass is 955 g/mol. The molecule has 5 aromatic heterocycles. The van der Waals surface area contributed by atoms with Crippen molar-refractivity contribution in [1.29, 1.82) is 0 Å². The van der Waals surface area contributed by atoms with Crippen molar-refractivity contribution in [3.05, 3.63) is 191 Å². The summed E-state index contributed by atoms with van der Waals surface area (Å²) in [5, 5.41) is 3.17. The van der Waals surface area contributed by atoms with Crippen molar-refractivity contribution in [2.75, 3.05) is 0 Å². The summed E-state index contributed by atoms with van der Waals surface area (Å²) in [6, 6.07) is 52.7. The van der Waals surface area contributed by atoms with Gasteiger partial charge in [0.2, 0.25) is 5.71 Å². The Bertz CT molecular complexity index is 3150. The van der Waals surface area contributed by atoms with Crippen LogP contribution in [0.25, 0.3) is 89.0 Å². The molecule has 295 valence electrons. The predicted molar refractivity (Wildman–Crippen MR) is 242 cm³/mol. The van der Waals surface area contributed by atoms with Crippen molar-refractivity contribution in [2.24, 2.45) is 0 Å². The Hall–Kier alpha value is -6.59. The second-order valence-electron chi connectivity index (χ2n) is 15.2. The van der Waals surface area contributed by atoms with E-state index in [1.807, 2.05) is 62.6 Å². The van der Waals surface area contributed by atoms with Crippen molar-refractivity contribution in [1.82, 2.24) is 19.9 Å². The van der Waals surface area contributed by atoms with Gasteiger partial charge in [-0.25, -0.2) is 9.97 Å². The number of aromatic nitrogens is 4. The third kappa shape index (κ3) is 7.80. The second-order valence-corrected chi connectivity index (χ2v) is 15.2. The first-order valence-corrected chi connectivity index (χ1v) is 19.9. The molecule has 0 unspecified atom stereocenters. The van der Waals surface area contributed by atoms with E-state index in [0.717, 1.165) is 72.3 Å². The molecule has 10 rings (SSSR count). The predicted octanol–water partition coefficient (Wildman–Crippen LogP) is 13.8. The first-order valence-electron chi connectivity index (χ1n) is 19.9. The summed E-state index contributed by atoms with van der Waals surface area (Å²) in [4.78, 5) is 18.8. The Morgan fingerprint density at radius 1 is 0.550 bits per heavy atom. The second kappa shape index (κ2) is 16.9. The summed E-state index contributed by atoms with van der Waals surface area (Å²) < 4.78 is 6.22. The van der Waals surface area contributed by atoms with E-state index < -0.39 is 0 Å². The number of rotatable bonds is 5. The summed E-state index contributed by atoms with van der Waals surface area (Å²) in [6.07, 6.45) is 3.75. The molecule has 0 aliphatic heterocycles. The van der Waals surface area contributed by atoms with E-state index in [1.54, 1.807) is 0 Å². The fourth-order valence-electron chi connectivity index (χ4n) is 7.93. The molecule has 0 bridgehead atoms. The van der Waals surface area contributed by atoms with Gasteiger partial charge >= 0.3 is 0 Å². The molecule has 6 heteroatoms. The molecule has 0 aliphatic carbocycles. The minimum absolute atomic E-state index is 0. The topological polar surface area (TPSA) is 64.7 Å². The van der Waals surface area contributed by atoms with Gasteiger partial charge in [0, 0.05) is 54.5 Å². The van der Waals surface area contributed by atoms with Gasteiger partial charge < -0.3 is 14.4 Å². The molecule has 0 spiro atoms. The van der Waals surface area contributed by atoms with E-state index in [9.17, 15) is 0 Å². The van der Waals surface area contributed by atoms with Crippen molar-refractivity contribution in [3.8, 4) is 56.0 Å². The number of furan rings is 1. The molecule has 0 aliphatic rings. The minimum atomic E-state index is 0. The number of nitrogens with zero attached hydrogens (tertiary/aromatic N) is 4. The smallest absolute Gasteiger partial charge is 0.216 e. The molecule has 0 saturated heterocycles. The van der Waals surface area contributed by atoms with Crippen molar-refractivity contribution in [3.63, 3.8) is 0 Å². The average Bonchev–Trinajstić information content (AvgIpc) is 3.63. The maximum absolute atomic E-state index is 6.22. The number of benzene rings is 5. The molecule has 0 amide bonds. The molecule has 1 radical (unpaired) electrons. The first kappa shape index (κ1) is 40.2. The van der Waals surface area contributed by atoms with Crippen LogP contribution in [0.3, 0.4) is 0 Å². The van der Waals surface area contributed by atoms with Crippen LogP contribution >= 0.6 is 0 Å². The quantitative estimate of drug-likeness (QED) is 0.161. The molecule has 0 N–H and O–H groups in total. The van der Waals surface area contributed by atoms with E-state index in [4.69, 9.17) is 14.4 Å². The van der Waals surface area contributed by atoms with Crippen molar-refractivity contribution < 1.29 is 24.5 Å². The maximum Gasteiger partial charge on any atom is 0.216 e. The van der Waals surface area contributed by atoms with E-state index in [1.165, 1.54) is 44.5 Å². The summed E-state index contributed by atoms with van der Waals surface area (Å²) in [7, 11) is 0. The molecule has 0 saturated carbocycles. The normalized spacial score (nSPS) is 11.0. The SMILES string of the molecule is Cc1ccc(-c2[c-]cc(C)c(-c3ccccc3)c2)nc1.Cc1ccc2c(n1)oc1c(-c3cc(-c4ccc5nc(-c6c(C)cccc6C)ccc5c4C)ccn3)[c-]ccc12.[Ir].